The number of fused-ring (bicyclic) bond motifs is 2. The van der Waals surface area contributed by atoms with Crippen molar-refractivity contribution in [3.8, 4) is 6.07 Å². The zero-order chi connectivity index (χ0) is 24.7. The molecule has 2 aromatic rings. The van der Waals surface area contributed by atoms with Gasteiger partial charge in [0.15, 0.2) is 0 Å². The predicted octanol–water partition coefficient (Wildman–Crippen LogP) is 1.11. The maximum Gasteiger partial charge on any atom is 0.274 e. The number of carbonyl (C=O) groups excluding carboxylic acids is 1. The lowest BCUT2D eigenvalue weighted by atomic mass is 9.83. The lowest BCUT2D eigenvalue weighted by Gasteiger charge is -2.22. The molecule has 0 saturated heterocycles. The van der Waals surface area contributed by atoms with Crippen LogP contribution in [-0.2, 0) is 18.4 Å². The number of carbonyl (C=O) groups is 1. The summed E-state index contributed by atoms with van der Waals surface area (Å²) in [4.78, 5) is 30.2. The third kappa shape index (κ3) is 3.74. The first-order chi connectivity index (χ1) is 16.9. The van der Waals surface area contributed by atoms with Gasteiger partial charge in [0.1, 0.15) is 11.8 Å². The van der Waals surface area contributed by atoms with Crippen molar-refractivity contribution in [3.05, 3.63) is 62.6 Å². The van der Waals surface area contributed by atoms with Crippen LogP contribution in [0.25, 0.3) is 5.70 Å². The monoisotopic (exact) mass is 473 g/mol. The molecule has 5 N–H and O–H groups in total. The minimum Gasteiger partial charge on any atom is -0.395 e. The number of amides is 1. The van der Waals surface area contributed by atoms with Crippen molar-refractivity contribution < 1.29 is 9.90 Å². The fourth-order valence-electron chi connectivity index (χ4n) is 4.93. The van der Waals surface area contributed by atoms with Crippen molar-refractivity contribution >= 4 is 28.9 Å². The number of aromatic nitrogens is 1. The van der Waals surface area contributed by atoms with Gasteiger partial charge in [0.25, 0.3) is 11.5 Å². The molecule has 5 rings (SSSR count). The molecule has 4 heterocycles. The van der Waals surface area contributed by atoms with Gasteiger partial charge in [-0.25, -0.2) is 4.99 Å². The van der Waals surface area contributed by atoms with Gasteiger partial charge >= 0.3 is 0 Å². The quantitative estimate of drug-likeness (QED) is 0.448. The molecule has 3 aliphatic rings. The fourth-order valence-corrected chi connectivity index (χ4v) is 4.93. The first-order valence-electron chi connectivity index (χ1n) is 11.6. The Bertz CT molecular complexity index is 1400. The van der Waals surface area contributed by atoms with Crippen molar-refractivity contribution in [3.63, 3.8) is 0 Å². The maximum atomic E-state index is 13.1. The van der Waals surface area contributed by atoms with Gasteiger partial charge in [0, 0.05) is 43.4 Å². The second kappa shape index (κ2) is 8.60. The molecular formula is C25H27N7O3. The molecule has 0 saturated carbocycles. The Hall–Kier alpha value is -4.10. The van der Waals surface area contributed by atoms with Crippen LogP contribution >= 0.6 is 0 Å². The number of hydrogen-bond donors (Lipinski definition) is 5. The number of hydrogen-bond acceptors (Lipinski definition) is 8. The van der Waals surface area contributed by atoms with Gasteiger partial charge < -0.3 is 30.9 Å². The Kier molecular flexibility index (Phi) is 5.57. The zero-order valence-corrected chi connectivity index (χ0v) is 19.7. The standard InChI is InChI=1S/C25H27N7O3/c1-25(13-33)12-29-21-15(11-26)8-14(9-17(21)25)18-5-6-28-24(30-18)31-19-10-16(22(34)27-2)20-4-3-7-32(20)23(19)35/h5,8-10,29,33H,3-4,6-7,12-13H2,1-2H3,(H,27,34)(H2,28,30,31)/t25-/m1/s1. The lowest BCUT2D eigenvalue weighted by Crippen LogP contribution is -2.36. The summed E-state index contributed by atoms with van der Waals surface area (Å²) in [5.41, 5.74) is 4.32. The average Bonchev–Trinajstić information content (AvgIpc) is 3.51. The number of guanidine groups is 1. The summed E-state index contributed by atoms with van der Waals surface area (Å²) >= 11 is 0. The predicted molar refractivity (Wildman–Crippen MR) is 134 cm³/mol. The highest BCUT2D eigenvalue weighted by Gasteiger charge is 2.36. The first kappa shape index (κ1) is 22.7. The first-order valence-corrected chi connectivity index (χ1v) is 11.6. The largest absolute Gasteiger partial charge is 0.395 e. The van der Waals surface area contributed by atoms with Crippen LogP contribution in [0.1, 0.15) is 46.1 Å². The molecule has 1 aromatic carbocycles. The van der Waals surface area contributed by atoms with E-state index in [1.165, 1.54) is 0 Å². The second-order valence-electron chi connectivity index (χ2n) is 9.24. The molecule has 10 heteroatoms. The van der Waals surface area contributed by atoms with E-state index in [0.29, 0.717) is 48.8 Å². The number of anilines is 2. The molecular weight excluding hydrogens is 446 g/mol. The molecule has 35 heavy (non-hydrogen) atoms. The van der Waals surface area contributed by atoms with E-state index in [9.17, 15) is 20.0 Å². The van der Waals surface area contributed by atoms with Gasteiger partial charge in [-0.1, -0.05) is 6.92 Å². The molecule has 10 nitrogen and oxygen atoms in total. The van der Waals surface area contributed by atoms with Crippen LogP contribution < -0.4 is 26.8 Å². The van der Waals surface area contributed by atoms with Crippen molar-refractivity contribution in [2.75, 3.05) is 37.4 Å². The number of nitriles is 1. The van der Waals surface area contributed by atoms with E-state index in [4.69, 9.17) is 0 Å². The molecule has 0 spiro atoms. The van der Waals surface area contributed by atoms with E-state index in [1.807, 2.05) is 19.1 Å². The number of aliphatic hydroxyl groups is 1. The van der Waals surface area contributed by atoms with E-state index in [2.05, 4.69) is 32.3 Å². The third-order valence-electron chi connectivity index (χ3n) is 6.93. The van der Waals surface area contributed by atoms with Gasteiger partial charge in [-0.05, 0) is 42.7 Å². The maximum absolute atomic E-state index is 13.1. The van der Waals surface area contributed by atoms with Crippen LogP contribution in [0.15, 0.2) is 34.1 Å². The van der Waals surface area contributed by atoms with Crippen LogP contribution in [0.4, 0.5) is 11.4 Å². The zero-order valence-electron chi connectivity index (χ0n) is 19.7. The number of aliphatic imine (C=N–C) groups is 1. The van der Waals surface area contributed by atoms with Crippen LogP contribution in [0.2, 0.25) is 0 Å². The minimum absolute atomic E-state index is 0.0477. The summed E-state index contributed by atoms with van der Waals surface area (Å²) < 4.78 is 1.65. The molecule has 1 atom stereocenters. The normalized spacial score (nSPS) is 19.9. The van der Waals surface area contributed by atoms with Crippen molar-refractivity contribution in [1.82, 2.24) is 15.2 Å². The molecule has 1 amide bonds. The Morgan fingerprint density at radius 2 is 2.17 bits per heavy atom. The van der Waals surface area contributed by atoms with E-state index in [1.54, 1.807) is 23.7 Å². The lowest BCUT2D eigenvalue weighted by molar-refractivity contribution is 0.0961. The Labute approximate surface area is 202 Å². The molecule has 0 radical (unpaired) electrons. The topological polar surface area (TPSA) is 144 Å². The van der Waals surface area contributed by atoms with Crippen molar-refractivity contribution in [2.24, 2.45) is 4.99 Å². The summed E-state index contributed by atoms with van der Waals surface area (Å²) in [5.74, 6) is 0.142. The summed E-state index contributed by atoms with van der Waals surface area (Å²) in [6.45, 7) is 3.49. The summed E-state index contributed by atoms with van der Waals surface area (Å²) in [6, 6.07) is 7.56. The summed E-state index contributed by atoms with van der Waals surface area (Å²) in [6.07, 6.45) is 3.40. The van der Waals surface area contributed by atoms with Crippen molar-refractivity contribution in [2.45, 2.75) is 31.7 Å². The van der Waals surface area contributed by atoms with E-state index < -0.39 is 5.41 Å². The highest BCUT2D eigenvalue weighted by molar-refractivity contribution is 6.01. The highest BCUT2D eigenvalue weighted by Crippen LogP contribution is 2.40. The van der Waals surface area contributed by atoms with Gasteiger partial charge in [0.2, 0.25) is 5.96 Å². The van der Waals surface area contributed by atoms with Crippen LogP contribution in [-0.4, -0.2) is 48.3 Å². The van der Waals surface area contributed by atoms with Gasteiger partial charge in [-0.3, -0.25) is 9.59 Å². The Morgan fingerprint density at radius 3 is 2.91 bits per heavy atom. The van der Waals surface area contributed by atoms with E-state index in [0.717, 1.165) is 28.9 Å². The van der Waals surface area contributed by atoms with Crippen LogP contribution in [0.3, 0.4) is 0 Å². The van der Waals surface area contributed by atoms with Crippen LogP contribution in [0.5, 0.6) is 0 Å². The second-order valence-corrected chi connectivity index (χ2v) is 9.24. The number of pyridine rings is 1. The van der Waals surface area contributed by atoms with E-state index in [-0.39, 0.29) is 23.8 Å². The van der Waals surface area contributed by atoms with Gasteiger partial charge in [0.05, 0.1) is 29.1 Å². The highest BCUT2D eigenvalue weighted by atomic mass is 16.3. The van der Waals surface area contributed by atoms with Crippen LogP contribution in [0, 0.1) is 11.3 Å². The van der Waals surface area contributed by atoms with Gasteiger partial charge in [-0.15, -0.1) is 0 Å². The molecule has 180 valence electrons. The summed E-state index contributed by atoms with van der Waals surface area (Å²) in [5, 5.41) is 31.8. The molecule has 3 aliphatic heterocycles. The average molecular weight is 474 g/mol. The van der Waals surface area contributed by atoms with Crippen molar-refractivity contribution in [1.29, 1.82) is 5.26 Å². The smallest absolute Gasteiger partial charge is 0.274 e. The number of benzene rings is 1. The SMILES string of the molecule is CNC(=O)c1cc(NC2=NC(c3cc(C#N)c4c(c3)[C@@](C)(CO)CN4)=CCN2)c(=O)n2c1CCC2. The number of rotatable bonds is 4. The van der Waals surface area contributed by atoms with Gasteiger partial charge in [-0.2, -0.15) is 5.26 Å². The molecule has 0 fully saturated rings. The van der Waals surface area contributed by atoms with E-state index >= 15 is 0 Å². The minimum atomic E-state index is -0.495. The Balaban J connectivity index is 1.51. The number of nitrogens with one attached hydrogen (secondary N) is 4. The molecule has 0 bridgehead atoms. The molecule has 0 unspecified atom stereocenters. The number of nitrogens with zero attached hydrogens (tertiary/aromatic N) is 3. The molecule has 0 aliphatic carbocycles. The summed E-state index contributed by atoms with van der Waals surface area (Å²) in [7, 11) is 1.57. The fraction of sp³-hybridized carbons (Fsp3) is 0.360. The molecule has 1 aromatic heterocycles. The Morgan fingerprint density at radius 1 is 1.34 bits per heavy atom. The third-order valence-corrected chi connectivity index (χ3v) is 6.93. The number of aliphatic hydroxyl groups excluding tert-OH is 1.